The van der Waals surface area contributed by atoms with E-state index in [0.29, 0.717) is 28.4 Å². The highest BCUT2D eigenvalue weighted by atomic mass is 19.1. The molecule has 0 spiro atoms. The number of carbonyl (C=O) groups is 2. The number of hydrogen-bond donors (Lipinski definition) is 1. The van der Waals surface area contributed by atoms with Gasteiger partial charge in [-0.1, -0.05) is 18.2 Å². The van der Waals surface area contributed by atoms with Crippen LogP contribution >= 0.6 is 0 Å². The van der Waals surface area contributed by atoms with Crippen LogP contribution in [0.1, 0.15) is 22.7 Å². The maximum Gasteiger partial charge on any atom is 0.295 e. The van der Waals surface area contributed by atoms with Crippen LogP contribution in [0.5, 0.6) is 23.0 Å². The van der Waals surface area contributed by atoms with Gasteiger partial charge in [0, 0.05) is 6.54 Å². The third kappa shape index (κ3) is 4.80. The van der Waals surface area contributed by atoms with Gasteiger partial charge in [0.25, 0.3) is 11.7 Å². The number of aliphatic hydroxyl groups is 1. The molecule has 1 saturated heterocycles. The first-order chi connectivity index (χ1) is 17.8. The standard InChI is InChI=1S/C28H26FNO7/c1-34-19-9-6-17(7-10-19)25-24(26(31)20-14-18(29)8-12-21(20)35-2)27(32)28(33)30(25)15-16-5-11-22(36-3)23(13-16)37-4/h5-14,25,31H,15H2,1-4H3/b26-24+. The maximum absolute atomic E-state index is 14.1. The first-order valence-corrected chi connectivity index (χ1v) is 11.3. The molecule has 0 bridgehead atoms. The van der Waals surface area contributed by atoms with Crippen molar-refractivity contribution in [3.63, 3.8) is 0 Å². The van der Waals surface area contributed by atoms with E-state index >= 15 is 0 Å². The van der Waals surface area contributed by atoms with Crippen LogP contribution in [0.15, 0.2) is 66.2 Å². The van der Waals surface area contributed by atoms with Crippen molar-refractivity contribution in [1.29, 1.82) is 0 Å². The predicted octanol–water partition coefficient (Wildman–Crippen LogP) is 4.48. The summed E-state index contributed by atoms with van der Waals surface area (Å²) in [4.78, 5) is 28.0. The Hall–Kier alpha value is -4.53. The second-order valence-corrected chi connectivity index (χ2v) is 8.23. The second-order valence-electron chi connectivity index (χ2n) is 8.23. The van der Waals surface area contributed by atoms with Gasteiger partial charge in [-0.2, -0.15) is 0 Å². The molecule has 1 amide bonds. The van der Waals surface area contributed by atoms with Gasteiger partial charge in [0.15, 0.2) is 11.5 Å². The molecule has 1 heterocycles. The van der Waals surface area contributed by atoms with Gasteiger partial charge >= 0.3 is 0 Å². The zero-order chi connectivity index (χ0) is 26.7. The Kier molecular flexibility index (Phi) is 7.33. The van der Waals surface area contributed by atoms with Crippen LogP contribution in [0.25, 0.3) is 5.76 Å². The number of benzene rings is 3. The van der Waals surface area contributed by atoms with Gasteiger partial charge in [0.1, 0.15) is 23.1 Å². The number of ether oxygens (including phenoxy) is 4. The Morgan fingerprint density at radius 3 is 2.11 bits per heavy atom. The Morgan fingerprint density at radius 1 is 0.838 bits per heavy atom. The van der Waals surface area contributed by atoms with Crippen molar-refractivity contribution in [3.05, 3.63) is 88.7 Å². The lowest BCUT2D eigenvalue weighted by Gasteiger charge is -2.26. The van der Waals surface area contributed by atoms with E-state index in [2.05, 4.69) is 0 Å². The fourth-order valence-corrected chi connectivity index (χ4v) is 4.36. The monoisotopic (exact) mass is 507 g/mol. The molecule has 192 valence electrons. The van der Waals surface area contributed by atoms with Crippen LogP contribution in [-0.2, 0) is 16.1 Å². The molecule has 9 heteroatoms. The molecular weight excluding hydrogens is 481 g/mol. The summed E-state index contributed by atoms with van der Waals surface area (Å²) in [6.07, 6.45) is 0. The normalized spacial score (nSPS) is 16.6. The maximum atomic E-state index is 14.1. The van der Waals surface area contributed by atoms with Gasteiger partial charge in [-0.3, -0.25) is 9.59 Å². The van der Waals surface area contributed by atoms with Crippen LogP contribution in [0.2, 0.25) is 0 Å². The highest BCUT2D eigenvalue weighted by Crippen LogP contribution is 2.42. The first-order valence-electron chi connectivity index (χ1n) is 11.3. The van der Waals surface area contributed by atoms with Crippen molar-refractivity contribution in [3.8, 4) is 23.0 Å². The highest BCUT2D eigenvalue weighted by molar-refractivity contribution is 6.46. The molecule has 1 fully saturated rings. The second kappa shape index (κ2) is 10.6. The SMILES string of the molecule is COc1ccc(C2/C(=C(\O)c3cc(F)ccc3OC)C(=O)C(=O)N2Cc2ccc(OC)c(OC)c2)cc1. The molecule has 1 N–H and O–H groups in total. The molecule has 1 unspecified atom stereocenters. The minimum Gasteiger partial charge on any atom is -0.507 e. The Labute approximate surface area is 213 Å². The summed E-state index contributed by atoms with van der Waals surface area (Å²) >= 11 is 0. The topological polar surface area (TPSA) is 94.5 Å². The average Bonchev–Trinajstić information content (AvgIpc) is 3.17. The smallest absolute Gasteiger partial charge is 0.295 e. The predicted molar refractivity (Wildman–Crippen MR) is 133 cm³/mol. The molecule has 0 saturated carbocycles. The summed E-state index contributed by atoms with van der Waals surface area (Å²) in [6, 6.07) is 14.5. The number of aliphatic hydroxyl groups excluding tert-OH is 1. The van der Waals surface area contributed by atoms with E-state index in [-0.39, 0.29) is 23.4 Å². The van der Waals surface area contributed by atoms with Gasteiger partial charge in [-0.05, 0) is 53.6 Å². The molecule has 1 atom stereocenters. The van der Waals surface area contributed by atoms with Crippen molar-refractivity contribution in [1.82, 2.24) is 4.90 Å². The third-order valence-electron chi connectivity index (χ3n) is 6.19. The number of halogens is 1. The summed E-state index contributed by atoms with van der Waals surface area (Å²) in [6.45, 7) is 0.0265. The van der Waals surface area contributed by atoms with Crippen molar-refractivity contribution < 1.29 is 38.0 Å². The van der Waals surface area contributed by atoms with E-state index in [9.17, 15) is 19.1 Å². The molecule has 3 aromatic carbocycles. The van der Waals surface area contributed by atoms with Crippen LogP contribution in [0.4, 0.5) is 4.39 Å². The van der Waals surface area contributed by atoms with Crippen LogP contribution in [-0.4, -0.2) is 50.1 Å². The van der Waals surface area contributed by atoms with E-state index < -0.39 is 29.3 Å². The molecule has 8 nitrogen and oxygen atoms in total. The number of ketones is 1. The summed E-state index contributed by atoms with van der Waals surface area (Å²) in [5, 5.41) is 11.3. The lowest BCUT2D eigenvalue weighted by atomic mass is 9.94. The molecule has 37 heavy (non-hydrogen) atoms. The summed E-state index contributed by atoms with van der Waals surface area (Å²) in [5.41, 5.74) is 1.00. The minimum atomic E-state index is -0.966. The third-order valence-corrected chi connectivity index (χ3v) is 6.19. The van der Waals surface area contributed by atoms with Crippen LogP contribution in [0.3, 0.4) is 0 Å². The fraction of sp³-hybridized carbons (Fsp3) is 0.214. The Morgan fingerprint density at radius 2 is 1.49 bits per heavy atom. The first kappa shape index (κ1) is 25.6. The molecule has 4 rings (SSSR count). The van der Waals surface area contributed by atoms with Gasteiger partial charge in [0.2, 0.25) is 0 Å². The zero-order valence-electron chi connectivity index (χ0n) is 20.8. The molecular formula is C28H26FNO7. The fourth-order valence-electron chi connectivity index (χ4n) is 4.36. The molecule has 1 aliphatic rings. The van der Waals surface area contributed by atoms with Crippen LogP contribution in [0, 0.1) is 5.82 Å². The summed E-state index contributed by atoms with van der Waals surface area (Å²) in [5.74, 6) is -1.18. The van der Waals surface area contributed by atoms with Gasteiger partial charge in [-0.15, -0.1) is 0 Å². The zero-order valence-corrected chi connectivity index (χ0v) is 20.8. The molecule has 0 aliphatic carbocycles. The minimum absolute atomic E-state index is 0.0265. The molecule has 0 aromatic heterocycles. The lowest BCUT2D eigenvalue weighted by molar-refractivity contribution is -0.140. The van der Waals surface area contributed by atoms with E-state index in [0.717, 1.165) is 6.07 Å². The van der Waals surface area contributed by atoms with E-state index in [1.807, 2.05) is 0 Å². The van der Waals surface area contributed by atoms with Gasteiger partial charge in [0.05, 0.1) is 45.6 Å². The quantitative estimate of drug-likeness (QED) is 0.273. The van der Waals surface area contributed by atoms with Gasteiger partial charge in [-0.25, -0.2) is 4.39 Å². The van der Waals surface area contributed by atoms with Crippen molar-refractivity contribution >= 4 is 17.4 Å². The Bertz CT molecular complexity index is 1370. The van der Waals surface area contributed by atoms with E-state index in [4.69, 9.17) is 18.9 Å². The highest BCUT2D eigenvalue weighted by Gasteiger charge is 2.46. The number of carbonyl (C=O) groups excluding carboxylic acids is 2. The van der Waals surface area contributed by atoms with E-state index in [1.165, 1.54) is 45.5 Å². The molecule has 1 aliphatic heterocycles. The number of nitrogens with zero attached hydrogens (tertiary/aromatic N) is 1. The molecule has 0 radical (unpaired) electrons. The lowest BCUT2D eigenvalue weighted by Crippen LogP contribution is -2.29. The van der Waals surface area contributed by atoms with Gasteiger partial charge < -0.3 is 29.0 Å². The largest absolute Gasteiger partial charge is 0.507 e. The average molecular weight is 508 g/mol. The number of rotatable bonds is 8. The number of likely N-dealkylation sites (tertiary alicyclic amines) is 1. The molecule has 3 aromatic rings. The van der Waals surface area contributed by atoms with Crippen molar-refractivity contribution in [2.75, 3.05) is 28.4 Å². The van der Waals surface area contributed by atoms with Crippen molar-refractivity contribution in [2.45, 2.75) is 12.6 Å². The summed E-state index contributed by atoms with van der Waals surface area (Å²) < 4.78 is 35.3. The summed E-state index contributed by atoms with van der Waals surface area (Å²) in [7, 11) is 5.90. The Balaban J connectivity index is 1.88. The number of hydrogen-bond acceptors (Lipinski definition) is 7. The number of Topliss-reactive ketones (excluding diaryl/α,β-unsaturated/α-hetero) is 1. The van der Waals surface area contributed by atoms with Crippen molar-refractivity contribution in [2.24, 2.45) is 0 Å². The number of amides is 1. The van der Waals surface area contributed by atoms with Crippen LogP contribution < -0.4 is 18.9 Å². The van der Waals surface area contributed by atoms with E-state index in [1.54, 1.807) is 42.5 Å². The number of methoxy groups -OCH3 is 4.